The van der Waals surface area contributed by atoms with E-state index in [4.69, 9.17) is 4.74 Å². The molecule has 3 nitrogen and oxygen atoms in total. The predicted molar refractivity (Wildman–Crippen MR) is 50.3 cm³/mol. The molecule has 0 aliphatic carbocycles. The second-order valence-electron chi connectivity index (χ2n) is 3.67. The fraction of sp³-hybridized carbons (Fsp3) is 1.00. The van der Waals surface area contributed by atoms with Crippen LogP contribution in [0.1, 0.15) is 20.8 Å². The fourth-order valence-corrected chi connectivity index (χ4v) is 1.12. The number of aliphatic hydroxyl groups is 1. The summed E-state index contributed by atoms with van der Waals surface area (Å²) >= 11 is 0. The van der Waals surface area contributed by atoms with E-state index in [1.54, 1.807) is 7.11 Å². The van der Waals surface area contributed by atoms with E-state index < -0.39 is 5.60 Å². The molecule has 0 bridgehead atoms. The van der Waals surface area contributed by atoms with Crippen LogP contribution in [0.5, 0.6) is 0 Å². The molecule has 0 aromatic heterocycles. The summed E-state index contributed by atoms with van der Waals surface area (Å²) in [6.45, 7) is 8.99. The first kappa shape index (κ1) is 11.9. The van der Waals surface area contributed by atoms with Crippen LogP contribution >= 0.6 is 0 Å². The lowest BCUT2D eigenvalue weighted by Crippen LogP contribution is -2.40. The van der Waals surface area contributed by atoms with Crippen molar-refractivity contribution in [3.8, 4) is 0 Å². The van der Waals surface area contributed by atoms with Gasteiger partial charge in [-0.25, -0.2) is 0 Å². The van der Waals surface area contributed by atoms with E-state index in [1.807, 2.05) is 13.8 Å². The third-order valence-electron chi connectivity index (χ3n) is 1.67. The maximum absolute atomic E-state index is 9.54. The average molecular weight is 175 g/mol. The van der Waals surface area contributed by atoms with Crippen molar-refractivity contribution < 1.29 is 9.84 Å². The number of ether oxygens (including phenoxy) is 1. The van der Waals surface area contributed by atoms with Crippen molar-refractivity contribution in [1.29, 1.82) is 0 Å². The number of hydrogen-bond acceptors (Lipinski definition) is 3. The van der Waals surface area contributed by atoms with E-state index in [9.17, 15) is 5.11 Å². The lowest BCUT2D eigenvalue weighted by atomic mass is 10.1. The Labute approximate surface area is 75.3 Å². The average Bonchev–Trinajstić information content (AvgIpc) is 1.95. The fourth-order valence-electron chi connectivity index (χ4n) is 1.12. The van der Waals surface area contributed by atoms with Gasteiger partial charge < -0.3 is 9.84 Å². The Morgan fingerprint density at radius 2 is 2.00 bits per heavy atom. The van der Waals surface area contributed by atoms with Crippen LogP contribution < -0.4 is 0 Å². The van der Waals surface area contributed by atoms with E-state index in [-0.39, 0.29) is 0 Å². The zero-order chi connectivity index (χ0) is 9.61. The van der Waals surface area contributed by atoms with Crippen molar-refractivity contribution in [3.05, 3.63) is 0 Å². The van der Waals surface area contributed by atoms with Gasteiger partial charge in [0.15, 0.2) is 0 Å². The van der Waals surface area contributed by atoms with E-state index in [0.29, 0.717) is 6.54 Å². The molecule has 0 fully saturated rings. The van der Waals surface area contributed by atoms with E-state index in [0.717, 1.165) is 19.7 Å². The molecule has 0 atom stereocenters. The highest BCUT2D eigenvalue weighted by Crippen LogP contribution is 2.03. The first-order valence-electron chi connectivity index (χ1n) is 4.43. The Morgan fingerprint density at radius 1 is 1.42 bits per heavy atom. The molecule has 0 saturated heterocycles. The van der Waals surface area contributed by atoms with E-state index in [1.165, 1.54) is 0 Å². The second-order valence-corrected chi connectivity index (χ2v) is 3.67. The van der Waals surface area contributed by atoms with Crippen molar-refractivity contribution in [1.82, 2.24) is 4.90 Å². The monoisotopic (exact) mass is 175 g/mol. The molecular formula is C9H21NO2. The minimum absolute atomic E-state index is 0.607. The van der Waals surface area contributed by atoms with Crippen LogP contribution in [0, 0.1) is 0 Å². The molecule has 0 aliphatic heterocycles. The quantitative estimate of drug-likeness (QED) is 0.646. The summed E-state index contributed by atoms with van der Waals surface area (Å²) in [5.41, 5.74) is -0.607. The van der Waals surface area contributed by atoms with Gasteiger partial charge in [0.1, 0.15) is 0 Å². The molecule has 0 aromatic carbocycles. The van der Waals surface area contributed by atoms with Gasteiger partial charge in [0, 0.05) is 20.2 Å². The molecule has 0 spiro atoms. The SMILES string of the molecule is CCN(CCOC)CC(C)(C)O. The van der Waals surface area contributed by atoms with Crippen molar-refractivity contribution >= 4 is 0 Å². The normalized spacial score (nSPS) is 12.5. The minimum atomic E-state index is -0.607. The molecule has 1 N–H and O–H groups in total. The highest BCUT2D eigenvalue weighted by atomic mass is 16.5. The number of likely N-dealkylation sites (N-methyl/N-ethyl adjacent to an activating group) is 1. The lowest BCUT2D eigenvalue weighted by molar-refractivity contribution is 0.0296. The summed E-state index contributed by atoms with van der Waals surface area (Å²) in [5, 5.41) is 9.54. The van der Waals surface area contributed by atoms with Gasteiger partial charge in [0.25, 0.3) is 0 Å². The van der Waals surface area contributed by atoms with Gasteiger partial charge in [-0.3, -0.25) is 4.90 Å². The van der Waals surface area contributed by atoms with Crippen molar-refractivity contribution in [3.63, 3.8) is 0 Å². The number of methoxy groups -OCH3 is 1. The molecule has 0 heterocycles. The summed E-state index contributed by atoms with van der Waals surface area (Å²) in [6, 6.07) is 0. The van der Waals surface area contributed by atoms with Crippen LogP contribution in [-0.2, 0) is 4.74 Å². The molecule has 0 amide bonds. The lowest BCUT2D eigenvalue weighted by Gasteiger charge is -2.27. The summed E-state index contributed by atoms with van der Waals surface area (Å²) in [6.07, 6.45) is 0. The van der Waals surface area contributed by atoms with Crippen LogP contribution in [-0.4, -0.2) is 49.0 Å². The Morgan fingerprint density at radius 3 is 2.33 bits per heavy atom. The molecular weight excluding hydrogens is 154 g/mol. The summed E-state index contributed by atoms with van der Waals surface area (Å²) in [4.78, 5) is 2.17. The summed E-state index contributed by atoms with van der Waals surface area (Å²) < 4.78 is 4.97. The number of hydrogen-bond donors (Lipinski definition) is 1. The zero-order valence-electron chi connectivity index (χ0n) is 8.63. The van der Waals surface area contributed by atoms with E-state index in [2.05, 4.69) is 11.8 Å². The maximum Gasteiger partial charge on any atom is 0.0718 e. The number of nitrogens with zero attached hydrogens (tertiary/aromatic N) is 1. The van der Waals surface area contributed by atoms with Crippen LogP contribution in [0.15, 0.2) is 0 Å². The summed E-state index contributed by atoms with van der Waals surface area (Å²) in [7, 11) is 1.69. The highest BCUT2D eigenvalue weighted by Gasteiger charge is 2.16. The third-order valence-corrected chi connectivity index (χ3v) is 1.67. The zero-order valence-corrected chi connectivity index (χ0v) is 8.63. The molecule has 74 valence electrons. The topological polar surface area (TPSA) is 32.7 Å². The Bertz CT molecular complexity index is 110. The molecule has 0 rings (SSSR count). The molecule has 3 heteroatoms. The molecule has 0 aromatic rings. The standard InChI is InChI=1S/C9H21NO2/c1-5-10(6-7-12-4)8-9(2,3)11/h11H,5-8H2,1-4H3. The van der Waals surface area contributed by atoms with Crippen molar-refractivity contribution in [2.75, 3.05) is 33.4 Å². The van der Waals surface area contributed by atoms with Gasteiger partial charge in [-0.15, -0.1) is 0 Å². The minimum Gasteiger partial charge on any atom is -0.389 e. The predicted octanol–water partition coefficient (Wildman–Crippen LogP) is 0.726. The van der Waals surface area contributed by atoms with Crippen LogP contribution in [0.25, 0.3) is 0 Å². The largest absolute Gasteiger partial charge is 0.389 e. The molecule has 0 saturated carbocycles. The van der Waals surface area contributed by atoms with Gasteiger partial charge in [-0.05, 0) is 20.4 Å². The van der Waals surface area contributed by atoms with Crippen LogP contribution in [0.2, 0.25) is 0 Å². The Balaban J connectivity index is 3.67. The van der Waals surface area contributed by atoms with Gasteiger partial charge in [-0.2, -0.15) is 0 Å². The van der Waals surface area contributed by atoms with Crippen molar-refractivity contribution in [2.24, 2.45) is 0 Å². The Kier molecular flexibility index (Phi) is 5.46. The smallest absolute Gasteiger partial charge is 0.0718 e. The Hall–Kier alpha value is -0.120. The molecule has 0 aliphatic rings. The van der Waals surface area contributed by atoms with Gasteiger partial charge in [-0.1, -0.05) is 6.92 Å². The van der Waals surface area contributed by atoms with Crippen LogP contribution in [0.3, 0.4) is 0 Å². The second kappa shape index (κ2) is 5.51. The molecule has 0 radical (unpaired) electrons. The highest BCUT2D eigenvalue weighted by molar-refractivity contribution is 4.70. The van der Waals surface area contributed by atoms with E-state index >= 15 is 0 Å². The van der Waals surface area contributed by atoms with Gasteiger partial charge >= 0.3 is 0 Å². The molecule has 0 unspecified atom stereocenters. The van der Waals surface area contributed by atoms with Crippen molar-refractivity contribution in [2.45, 2.75) is 26.4 Å². The van der Waals surface area contributed by atoms with Gasteiger partial charge in [0.05, 0.1) is 12.2 Å². The first-order valence-corrected chi connectivity index (χ1v) is 4.43. The summed E-state index contributed by atoms with van der Waals surface area (Å²) in [5.74, 6) is 0. The third kappa shape index (κ3) is 6.58. The first-order chi connectivity index (χ1) is 5.49. The maximum atomic E-state index is 9.54. The van der Waals surface area contributed by atoms with Crippen LogP contribution in [0.4, 0.5) is 0 Å². The van der Waals surface area contributed by atoms with Gasteiger partial charge in [0.2, 0.25) is 0 Å². The number of rotatable bonds is 6. The molecule has 12 heavy (non-hydrogen) atoms.